The van der Waals surface area contributed by atoms with Gasteiger partial charge in [-0.25, -0.2) is 4.98 Å². The Morgan fingerprint density at radius 3 is 3.05 bits per heavy atom. The van der Waals surface area contributed by atoms with Gasteiger partial charge in [0.25, 0.3) is 0 Å². The second-order valence-corrected chi connectivity index (χ2v) is 5.20. The molecule has 1 aromatic carbocycles. The number of nitrogens with zero attached hydrogens (tertiary/aromatic N) is 3. The SMILES string of the molecule is O=[N+]([O-])c1cc(CO)ccc1OCc1cn2ccsc2n1. The van der Waals surface area contributed by atoms with Gasteiger partial charge in [0.05, 0.1) is 17.2 Å². The number of benzene rings is 1. The molecule has 0 fully saturated rings. The molecule has 0 saturated carbocycles. The molecule has 3 rings (SSSR count). The van der Waals surface area contributed by atoms with Gasteiger partial charge in [-0.2, -0.15) is 0 Å². The van der Waals surface area contributed by atoms with Crippen molar-refractivity contribution in [3.63, 3.8) is 0 Å². The lowest BCUT2D eigenvalue weighted by Gasteiger charge is -2.06. The van der Waals surface area contributed by atoms with E-state index in [2.05, 4.69) is 4.98 Å². The first-order chi connectivity index (χ1) is 10.2. The summed E-state index contributed by atoms with van der Waals surface area (Å²) in [7, 11) is 0. The molecule has 0 aliphatic heterocycles. The smallest absolute Gasteiger partial charge is 0.311 e. The lowest BCUT2D eigenvalue weighted by atomic mass is 10.2. The zero-order valence-electron chi connectivity index (χ0n) is 10.8. The third-order valence-electron chi connectivity index (χ3n) is 2.92. The highest BCUT2D eigenvalue weighted by molar-refractivity contribution is 7.15. The standard InChI is InChI=1S/C13H11N3O4S/c17-7-9-1-2-12(11(5-9)16(18)19)20-8-10-6-15-3-4-21-13(15)14-10/h1-6,17H,7-8H2. The topological polar surface area (TPSA) is 89.9 Å². The first-order valence-electron chi connectivity index (χ1n) is 6.09. The Morgan fingerprint density at radius 1 is 1.48 bits per heavy atom. The number of ether oxygens (including phenoxy) is 1. The molecule has 2 heterocycles. The molecular weight excluding hydrogens is 294 g/mol. The molecule has 108 valence electrons. The van der Waals surface area contributed by atoms with Gasteiger partial charge < -0.3 is 9.84 Å². The van der Waals surface area contributed by atoms with Crippen molar-refractivity contribution in [2.24, 2.45) is 0 Å². The van der Waals surface area contributed by atoms with Crippen LogP contribution in [-0.2, 0) is 13.2 Å². The van der Waals surface area contributed by atoms with Crippen LogP contribution in [0.2, 0.25) is 0 Å². The fourth-order valence-electron chi connectivity index (χ4n) is 1.92. The van der Waals surface area contributed by atoms with Crippen molar-refractivity contribution in [1.82, 2.24) is 9.38 Å². The number of fused-ring (bicyclic) bond motifs is 1. The predicted octanol–water partition coefficient (Wildman–Crippen LogP) is 2.38. The van der Waals surface area contributed by atoms with Gasteiger partial charge in [-0.15, -0.1) is 11.3 Å². The molecule has 0 radical (unpaired) electrons. The number of rotatable bonds is 5. The van der Waals surface area contributed by atoms with E-state index >= 15 is 0 Å². The fraction of sp³-hybridized carbons (Fsp3) is 0.154. The van der Waals surface area contributed by atoms with Crippen molar-refractivity contribution in [2.45, 2.75) is 13.2 Å². The highest BCUT2D eigenvalue weighted by atomic mass is 32.1. The van der Waals surface area contributed by atoms with Crippen LogP contribution in [0.15, 0.2) is 36.0 Å². The van der Waals surface area contributed by atoms with E-state index in [-0.39, 0.29) is 24.7 Å². The normalized spacial score (nSPS) is 10.9. The Balaban J connectivity index is 1.80. The van der Waals surface area contributed by atoms with Crippen molar-refractivity contribution in [3.8, 4) is 5.75 Å². The maximum atomic E-state index is 11.0. The summed E-state index contributed by atoms with van der Waals surface area (Å²) in [6.07, 6.45) is 3.70. The van der Waals surface area contributed by atoms with Crippen LogP contribution in [-0.4, -0.2) is 19.4 Å². The molecule has 0 aliphatic carbocycles. The number of hydrogen-bond donors (Lipinski definition) is 1. The van der Waals surface area contributed by atoms with Gasteiger partial charge in [-0.1, -0.05) is 6.07 Å². The van der Waals surface area contributed by atoms with E-state index in [0.29, 0.717) is 11.3 Å². The minimum absolute atomic E-state index is 0.147. The monoisotopic (exact) mass is 305 g/mol. The molecule has 8 heteroatoms. The molecule has 2 aromatic heterocycles. The number of aliphatic hydroxyl groups excluding tert-OH is 1. The molecular formula is C13H11N3O4S. The summed E-state index contributed by atoms with van der Waals surface area (Å²) in [6, 6.07) is 4.39. The predicted molar refractivity (Wildman–Crippen MR) is 76.4 cm³/mol. The number of nitro benzene ring substituents is 1. The van der Waals surface area contributed by atoms with Crippen LogP contribution in [0.1, 0.15) is 11.3 Å². The first-order valence-corrected chi connectivity index (χ1v) is 6.97. The largest absolute Gasteiger partial charge is 0.480 e. The van der Waals surface area contributed by atoms with Gasteiger partial charge in [0.15, 0.2) is 10.7 Å². The molecule has 0 atom stereocenters. The van der Waals surface area contributed by atoms with Gasteiger partial charge >= 0.3 is 5.69 Å². The van der Waals surface area contributed by atoms with E-state index in [1.54, 1.807) is 6.07 Å². The minimum atomic E-state index is -0.528. The number of imidazole rings is 1. The molecule has 0 aliphatic rings. The van der Waals surface area contributed by atoms with Crippen LogP contribution in [0.25, 0.3) is 4.96 Å². The van der Waals surface area contributed by atoms with E-state index in [9.17, 15) is 10.1 Å². The Morgan fingerprint density at radius 2 is 2.33 bits per heavy atom. The third-order valence-corrected chi connectivity index (χ3v) is 3.69. The molecule has 0 bridgehead atoms. The summed E-state index contributed by atoms with van der Waals surface area (Å²) < 4.78 is 7.36. The number of nitro groups is 1. The van der Waals surface area contributed by atoms with Crippen molar-refractivity contribution in [1.29, 1.82) is 0 Å². The van der Waals surface area contributed by atoms with E-state index in [0.717, 1.165) is 4.96 Å². The molecule has 7 nitrogen and oxygen atoms in total. The zero-order chi connectivity index (χ0) is 14.8. The third kappa shape index (κ3) is 2.71. The van der Waals surface area contributed by atoms with Crippen molar-refractivity contribution in [2.75, 3.05) is 0 Å². The van der Waals surface area contributed by atoms with Crippen LogP contribution in [0.5, 0.6) is 5.75 Å². The molecule has 0 saturated heterocycles. The Labute approximate surface area is 123 Å². The summed E-state index contributed by atoms with van der Waals surface area (Å²) in [4.78, 5) is 15.7. The van der Waals surface area contributed by atoms with Crippen LogP contribution in [0.4, 0.5) is 5.69 Å². The van der Waals surface area contributed by atoms with Gasteiger partial charge in [0, 0.05) is 23.8 Å². The summed E-state index contributed by atoms with van der Waals surface area (Å²) in [5.41, 5.74) is 1.00. The maximum Gasteiger partial charge on any atom is 0.311 e. The average Bonchev–Trinajstić information content (AvgIpc) is 3.05. The van der Waals surface area contributed by atoms with Crippen LogP contribution >= 0.6 is 11.3 Å². The van der Waals surface area contributed by atoms with Crippen LogP contribution < -0.4 is 4.74 Å². The maximum absolute atomic E-state index is 11.0. The van der Waals surface area contributed by atoms with Crippen molar-refractivity contribution < 1.29 is 14.8 Å². The van der Waals surface area contributed by atoms with Crippen molar-refractivity contribution in [3.05, 3.63) is 57.3 Å². The zero-order valence-corrected chi connectivity index (χ0v) is 11.6. The number of aliphatic hydroxyl groups is 1. The molecule has 21 heavy (non-hydrogen) atoms. The quantitative estimate of drug-likeness (QED) is 0.577. The number of hydrogen-bond acceptors (Lipinski definition) is 6. The molecule has 0 spiro atoms. The van der Waals surface area contributed by atoms with Crippen LogP contribution in [0, 0.1) is 10.1 Å². The number of aromatic nitrogens is 2. The minimum Gasteiger partial charge on any atom is -0.480 e. The summed E-state index contributed by atoms with van der Waals surface area (Å²) in [6.45, 7) is -0.105. The average molecular weight is 305 g/mol. The van der Waals surface area contributed by atoms with E-state index in [1.807, 2.05) is 22.2 Å². The van der Waals surface area contributed by atoms with Gasteiger partial charge in [-0.3, -0.25) is 14.5 Å². The lowest BCUT2D eigenvalue weighted by molar-refractivity contribution is -0.386. The van der Waals surface area contributed by atoms with Gasteiger partial charge in [0.1, 0.15) is 6.61 Å². The highest BCUT2D eigenvalue weighted by Gasteiger charge is 2.16. The lowest BCUT2D eigenvalue weighted by Crippen LogP contribution is -2.00. The Kier molecular flexibility index (Phi) is 3.55. The molecule has 0 unspecified atom stereocenters. The molecule has 1 N–H and O–H groups in total. The van der Waals surface area contributed by atoms with Crippen LogP contribution in [0.3, 0.4) is 0 Å². The second-order valence-electron chi connectivity index (χ2n) is 4.33. The first kappa shape index (κ1) is 13.5. The summed E-state index contributed by atoms with van der Waals surface area (Å²) >= 11 is 1.50. The van der Waals surface area contributed by atoms with E-state index < -0.39 is 4.92 Å². The second kappa shape index (κ2) is 5.51. The van der Waals surface area contributed by atoms with E-state index in [4.69, 9.17) is 9.84 Å². The Bertz CT molecular complexity index is 767. The van der Waals surface area contributed by atoms with Gasteiger partial charge in [0.2, 0.25) is 0 Å². The van der Waals surface area contributed by atoms with Crippen molar-refractivity contribution >= 4 is 22.0 Å². The molecule has 0 amide bonds. The Hall–Kier alpha value is -2.45. The molecule has 3 aromatic rings. The van der Waals surface area contributed by atoms with Gasteiger partial charge in [-0.05, 0) is 11.6 Å². The summed E-state index contributed by atoms with van der Waals surface area (Å²) in [5, 5.41) is 22.0. The number of thiazole rings is 1. The summed E-state index contributed by atoms with van der Waals surface area (Å²) in [5.74, 6) is 0.161. The fourth-order valence-corrected chi connectivity index (χ4v) is 2.64. The highest BCUT2D eigenvalue weighted by Crippen LogP contribution is 2.28. The van der Waals surface area contributed by atoms with E-state index in [1.165, 1.54) is 23.5 Å².